The van der Waals surface area contributed by atoms with Crippen LogP contribution in [0, 0.1) is 17.5 Å². The molecule has 1 fully saturated rings. The highest BCUT2D eigenvalue weighted by Gasteiger charge is 2.27. The third-order valence-corrected chi connectivity index (χ3v) is 5.42. The maximum atomic E-state index is 13.8. The number of benzene rings is 3. The Kier molecular flexibility index (Phi) is 5.44. The van der Waals surface area contributed by atoms with Crippen molar-refractivity contribution in [2.75, 3.05) is 13.1 Å². The Morgan fingerprint density at radius 1 is 0.833 bits per heavy atom. The summed E-state index contributed by atoms with van der Waals surface area (Å²) in [6.45, 7) is 0.848. The standard InChI is InChI=1S/C23H19F3N2O2/c24-19-9-8-18(20(25)21(19)26)22(29)27-15-10-12-28(13-11-15)23(30)17-7-3-5-14-4-1-2-6-16(14)17/h1-9,15H,10-13H2,(H,27,29). The molecule has 1 heterocycles. The van der Waals surface area contributed by atoms with E-state index >= 15 is 0 Å². The molecular weight excluding hydrogens is 393 g/mol. The minimum atomic E-state index is -1.67. The molecule has 4 rings (SSSR count). The topological polar surface area (TPSA) is 49.4 Å². The van der Waals surface area contributed by atoms with E-state index in [1.807, 2.05) is 36.4 Å². The number of nitrogens with zero attached hydrogens (tertiary/aromatic N) is 1. The molecule has 2 amide bonds. The van der Waals surface area contributed by atoms with Gasteiger partial charge >= 0.3 is 0 Å². The van der Waals surface area contributed by atoms with Crippen LogP contribution in [0.4, 0.5) is 13.2 Å². The van der Waals surface area contributed by atoms with Crippen molar-refractivity contribution >= 4 is 22.6 Å². The molecule has 1 aliphatic heterocycles. The fourth-order valence-corrected chi connectivity index (χ4v) is 3.77. The lowest BCUT2D eigenvalue weighted by Crippen LogP contribution is -2.46. The summed E-state index contributed by atoms with van der Waals surface area (Å²) >= 11 is 0. The Hall–Kier alpha value is -3.35. The van der Waals surface area contributed by atoms with Crippen molar-refractivity contribution in [3.63, 3.8) is 0 Å². The lowest BCUT2D eigenvalue weighted by Gasteiger charge is -2.32. The minimum absolute atomic E-state index is 0.0803. The van der Waals surface area contributed by atoms with Crippen LogP contribution in [0.3, 0.4) is 0 Å². The predicted octanol–water partition coefficient (Wildman–Crippen LogP) is 4.29. The van der Waals surface area contributed by atoms with Gasteiger partial charge in [0.05, 0.1) is 5.56 Å². The first kappa shape index (κ1) is 19.9. The third kappa shape index (κ3) is 3.75. The molecule has 7 heteroatoms. The second-order valence-corrected chi connectivity index (χ2v) is 7.29. The molecule has 0 atom stereocenters. The molecule has 1 saturated heterocycles. The second kappa shape index (κ2) is 8.18. The molecule has 0 aliphatic carbocycles. The van der Waals surface area contributed by atoms with Crippen LogP contribution in [0.2, 0.25) is 0 Å². The minimum Gasteiger partial charge on any atom is -0.349 e. The molecule has 154 valence electrons. The number of carbonyl (C=O) groups excluding carboxylic acids is 2. The summed E-state index contributed by atoms with van der Waals surface area (Å²) < 4.78 is 40.2. The smallest absolute Gasteiger partial charge is 0.254 e. The van der Waals surface area contributed by atoms with Crippen molar-refractivity contribution in [1.29, 1.82) is 0 Å². The van der Waals surface area contributed by atoms with Crippen molar-refractivity contribution in [1.82, 2.24) is 10.2 Å². The fraction of sp³-hybridized carbons (Fsp3) is 0.217. The number of likely N-dealkylation sites (tertiary alicyclic amines) is 1. The van der Waals surface area contributed by atoms with Crippen molar-refractivity contribution in [3.05, 3.63) is 83.2 Å². The van der Waals surface area contributed by atoms with E-state index in [1.54, 1.807) is 11.0 Å². The molecule has 3 aromatic carbocycles. The van der Waals surface area contributed by atoms with Crippen molar-refractivity contribution in [2.45, 2.75) is 18.9 Å². The molecule has 0 aromatic heterocycles. The number of fused-ring (bicyclic) bond motifs is 1. The molecule has 0 saturated carbocycles. The second-order valence-electron chi connectivity index (χ2n) is 7.29. The largest absolute Gasteiger partial charge is 0.349 e. The Labute approximate surface area is 171 Å². The van der Waals surface area contributed by atoms with Gasteiger partial charge < -0.3 is 10.2 Å². The van der Waals surface area contributed by atoms with Crippen LogP contribution < -0.4 is 5.32 Å². The zero-order valence-corrected chi connectivity index (χ0v) is 16.0. The summed E-state index contributed by atoms with van der Waals surface area (Å²) in [6, 6.07) is 14.6. The summed E-state index contributed by atoms with van der Waals surface area (Å²) in [7, 11) is 0. The Morgan fingerprint density at radius 3 is 2.30 bits per heavy atom. The first-order valence-corrected chi connectivity index (χ1v) is 9.67. The molecular formula is C23H19F3N2O2. The van der Waals surface area contributed by atoms with Gasteiger partial charge in [0.1, 0.15) is 0 Å². The van der Waals surface area contributed by atoms with E-state index in [0.29, 0.717) is 31.5 Å². The highest BCUT2D eigenvalue weighted by atomic mass is 19.2. The summed E-state index contributed by atoms with van der Waals surface area (Å²) in [5.74, 6) is -5.40. The molecule has 1 N–H and O–H groups in total. The van der Waals surface area contributed by atoms with E-state index in [2.05, 4.69) is 5.32 Å². The predicted molar refractivity (Wildman–Crippen MR) is 107 cm³/mol. The van der Waals surface area contributed by atoms with E-state index in [1.165, 1.54) is 0 Å². The third-order valence-electron chi connectivity index (χ3n) is 5.42. The number of amides is 2. The van der Waals surface area contributed by atoms with Crippen LogP contribution in [0.15, 0.2) is 54.6 Å². The lowest BCUT2D eigenvalue weighted by molar-refractivity contribution is 0.0699. The molecule has 0 unspecified atom stereocenters. The average Bonchev–Trinajstić information content (AvgIpc) is 2.77. The van der Waals surface area contributed by atoms with Gasteiger partial charge in [0.25, 0.3) is 11.8 Å². The number of rotatable bonds is 3. The van der Waals surface area contributed by atoms with Gasteiger partial charge in [-0.15, -0.1) is 0 Å². The van der Waals surface area contributed by atoms with E-state index in [4.69, 9.17) is 0 Å². The van der Waals surface area contributed by atoms with Gasteiger partial charge in [-0.25, -0.2) is 13.2 Å². The summed E-state index contributed by atoms with van der Waals surface area (Å²) in [5.41, 5.74) is 0.0857. The monoisotopic (exact) mass is 412 g/mol. The highest BCUT2D eigenvalue weighted by Crippen LogP contribution is 2.22. The van der Waals surface area contributed by atoms with Crippen molar-refractivity contribution in [3.8, 4) is 0 Å². The number of halogens is 3. The summed E-state index contributed by atoms with van der Waals surface area (Å²) in [6.07, 6.45) is 0.959. The van der Waals surface area contributed by atoms with Gasteiger partial charge in [-0.05, 0) is 41.8 Å². The number of hydrogen-bond acceptors (Lipinski definition) is 2. The van der Waals surface area contributed by atoms with E-state index < -0.39 is 28.9 Å². The number of piperidine rings is 1. The maximum Gasteiger partial charge on any atom is 0.254 e. The molecule has 1 aliphatic rings. The molecule has 0 radical (unpaired) electrons. The quantitative estimate of drug-likeness (QED) is 0.653. The maximum absolute atomic E-state index is 13.8. The van der Waals surface area contributed by atoms with Gasteiger partial charge in [-0.2, -0.15) is 0 Å². The average molecular weight is 412 g/mol. The van der Waals surface area contributed by atoms with Crippen LogP contribution in [0.1, 0.15) is 33.6 Å². The van der Waals surface area contributed by atoms with Crippen molar-refractivity contribution in [2.24, 2.45) is 0 Å². The zero-order valence-electron chi connectivity index (χ0n) is 16.0. The SMILES string of the molecule is O=C(NC1CCN(C(=O)c2cccc3ccccc23)CC1)c1ccc(F)c(F)c1F. The molecule has 0 bridgehead atoms. The summed E-state index contributed by atoms with van der Waals surface area (Å²) in [4.78, 5) is 27.0. The Bertz CT molecular complexity index is 1120. The fourth-order valence-electron chi connectivity index (χ4n) is 3.77. The molecule has 3 aromatic rings. The van der Waals surface area contributed by atoms with Gasteiger partial charge in [0.2, 0.25) is 0 Å². The van der Waals surface area contributed by atoms with Gasteiger partial charge in [0, 0.05) is 24.7 Å². The Morgan fingerprint density at radius 2 is 1.53 bits per heavy atom. The van der Waals surface area contributed by atoms with Gasteiger partial charge in [0.15, 0.2) is 17.5 Å². The number of carbonyl (C=O) groups is 2. The van der Waals surface area contributed by atoms with E-state index in [0.717, 1.165) is 22.9 Å². The van der Waals surface area contributed by atoms with Crippen LogP contribution in [-0.4, -0.2) is 35.8 Å². The van der Waals surface area contributed by atoms with Crippen LogP contribution in [0.25, 0.3) is 10.8 Å². The van der Waals surface area contributed by atoms with E-state index in [9.17, 15) is 22.8 Å². The van der Waals surface area contributed by atoms with Crippen molar-refractivity contribution < 1.29 is 22.8 Å². The first-order chi connectivity index (χ1) is 14.5. The first-order valence-electron chi connectivity index (χ1n) is 9.67. The van der Waals surface area contributed by atoms with E-state index in [-0.39, 0.29) is 11.9 Å². The lowest BCUT2D eigenvalue weighted by atomic mass is 10.0. The molecule has 30 heavy (non-hydrogen) atoms. The zero-order chi connectivity index (χ0) is 21.3. The molecule has 4 nitrogen and oxygen atoms in total. The Balaban J connectivity index is 1.41. The van der Waals surface area contributed by atoms with Gasteiger partial charge in [-0.3, -0.25) is 9.59 Å². The normalized spacial score (nSPS) is 14.7. The molecule has 0 spiro atoms. The van der Waals surface area contributed by atoms with Crippen LogP contribution >= 0.6 is 0 Å². The summed E-state index contributed by atoms with van der Waals surface area (Å²) in [5, 5.41) is 4.51. The van der Waals surface area contributed by atoms with Crippen LogP contribution in [-0.2, 0) is 0 Å². The van der Waals surface area contributed by atoms with Gasteiger partial charge in [-0.1, -0.05) is 36.4 Å². The number of nitrogens with one attached hydrogen (secondary N) is 1. The van der Waals surface area contributed by atoms with Crippen LogP contribution in [0.5, 0.6) is 0 Å². The highest BCUT2D eigenvalue weighted by molar-refractivity contribution is 6.07. The number of hydrogen-bond donors (Lipinski definition) is 1.